The first-order chi connectivity index (χ1) is 12.0. The Kier molecular flexibility index (Phi) is 9.60. The van der Waals surface area contributed by atoms with E-state index in [4.69, 9.17) is 4.74 Å². The average molecular weight is 369 g/mol. The predicted molar refractivity (Wildman–Crippen MR) is 115 cm³/mol. The highest BCUT2D eigenvalue weighted by Crippen LogP contribution is 2.29. The molecule has 2 rings (SSSR count). The van der Waals surface area contributed by atoms with Crippen LogP contribution in [0.4, 0.5) is 0 Å². The average Bonchev–Trinajstić information content (AvgIpc) is 2.54. The van der Waals surface area contributed by atoms with Gasteiger partial charge in [0.05, 0.1) is 12.2 Å². The molecule has 0 spiro atoms. The minimum atomic E-state index is 0.0376. The lowest BCUT2D eigenvalue weighted by molar-refractivity contribution is -0.123. The second-order valence-corrected chi connectivity index (χ2v) is 10.1. The van der Waals surface area contributed by atoms with Crippen LogP contribution in [0.2, 0.25) is 0 Å². The molecule has 0 N–H and O–H groups in total. The van der Waals surface area contributed by atoms with Crippen LogP contribution in [-0.4, -0.2) is 59.3 Å². The van der Waals surface area contributed by atoms with E-state index in [1.165, 1.54) is 25.8 Å². The van der Waals surface area contributed by atoms with Crippen LogP contribution in [0, 0.1) is 11.8 Å². The third-order valence-electron chi connectivity index (χ3n) is 6.22. The molecule has 0 amide bonds. The topological polar surface area (TPSA) is 15.7 Å². The first-order valence-electron chi connectivity index (χ1n) is 11.2. The van der Waals surface area contributed by atoms with Crippen molar-refractivity contribution in [1.82, 2.24) is 9.80 Å². The van der Waals surface area contributed by atoms with Crippen molar-refractivity contribution >= 4 is 0 Å². The molecule has 2 fully saturated rings. The summed E-state index contributed by atoms with van der Waals surface area (Å²) < 4.78 is 5.81. The van der Waals surface area contributed by atoms with E-state index in [0.29, 0.717) is 12.1 Å². The van der Waals surface area contributed by atoms with Gasteiger partial charge < -0.3 is 4.74 Å². The van der Waals surface area contributed by atoms with Crippen LogP contribution in [0.25, 0.3) is 0 Å². The van der Waals surface area contributed by atoms with Crippen molar-refractivity contribution in [2.24, 2.45) is 11.8 Å². The molecule has 3 heteroatoms. The Balaban J connectivity index is 0.000000260. The molecule has 2 aliphatic rings. The minimum absolute atomic E-state index is 0.0376. The van der Waals surface area contributed by atoms with Gasteiger partial charge in [-0.15, -0.1) is 0 Å². The first kappa shape index (κ1) is 23.9. The lowest BCUT2D eigenvalue weighted by Gasteiger charge is -2.45. The molecular weight excluding hydrogens is 320 g/mol. The number of piperidine rings is 1. The molecule has 26 heavy (non-hydrogen) atoms. The van der Waals surface area contributed by atoms with Crippen LogP contribution in [0.5, 0.6) is 0 Å². The molecule has 156 valence electrons. The molecule has 0 aromatic heterocycles. The zero-order chi connectivity index (χ0) is 20.1. The summed E-state index contributed by atoms with van der Waals surface area (Å²) in [7, 11) is 0. The monoisotopic (exact) mass is 368 g/mol. The van der Waals surface area contributed by atoms with Gasteiger partial charge in [-0.2, -0.15) is 0 Å². The Bertz CT molecular complexity index is 386. The summed E-state index contributed by atoms with van der Waals surface area (Å²) >= 11 is 0. The van der Waals surface area contributed by atoms with Crippen LogP contribution >= 0.6 is 0 Å². The molecule has 3 unspecified atom stereocenters. The SMILES string of the molecule is CC(C)C1C(C)CCCN1C(C)C.CCC1COC(C)(C)CN1C(C)C. The second-order valence-electron chi connectivity index (χ2n) is 10.1. The van der Waals surface area contributed by atoms with E-state index >= 15 is 0 Å². The third kappa shape index (κ3) is 6.80. The summed E-state index contributed by atoms with van der Waals surface area (Å²) in [4.78, 5) is 5.25. The summed E-state index contributed by atoms with van der Waals surface area (Å²) in [6.45, 7) is 26.2. The van der Waals surface area contributed by atoms with Gasteiger partial charge in [-0.25, -0.2) is 0 Å². The fourth-order valence-electron chi connectivity index (χ4n) is 4.87. The maximum absolute atomic E-state index is 5.81. The third-order valence-corrected chi connectivity index (χ3v) is 6.22. The molecule has 0 bridgehead atoms. The van der Waals surface area contributed by atoms with Gasteiger partial charge in [0.15, 0.2) is 0 Å². The molecule has 0 saturated carbocycles. The van der Waals surface area contributed by atoms with E-state index in [1.54, 1.807) is 0 Å². The second kappa shape index (κ2) is 10.4. The van der Waals surface area contributed by atoms with Crippen LogP contribution < -0.4 is 0 Å². The Labute approximate surface area is 164 Å². The van der Waals surface area contributed by atoms with Crippen LogP contribution in [-0.2, 0) is 4.74 Å². The van der Waals surface area contributed by atoms with Crippen molar-refractivity contribution in [3.8, 4) is 0 Å². The Morgan fingerprint density at radius 3 is 2.00 bits per heavy atom. The Morgan fingerprint density at radius 1 is 1.00 bits per heavy atom. The van der Waals surface area contributed by atoms with Crippen molar-refractivity contribution in [3.63, 3.8) is 0 Å². The summed E-state index contributed by atoms with van der Waals surface area (Å²) in [6, 6.07) is 2.78. The van der Waals surface area contributed by atoms with Crippen molar-refractivity contribution in [1.29, 1.82) is 0 Å². The molecule has 2 aliphatic heterocycles. The van der Waals surface area contributed by atoms with Crippen LogP contribution in [0.1, 0.15) is 88.5 Å². The smallest absolute Gasteiger partial charge is 0.0753 e. The fourth-order valence-corrected chi connectivity index (χ4v) is 4.87. The minimum Gasteiger partial charge on any atom is -0.373 e. The van der Waals surface area contributed by atoms with Crippen LogP contribution in [0.15, 0.2) is 0 Å². The van der Waals surface area contributed by atoms with E-state index < -0.39 is 0 Å². The maximum Gasteiger partial charge on any atom is 0.0753 e. The molecule has 0 aromatic carbocycles. The summed E-state index contributed by atoms with van der Waals surface area (Å²) in [5.74, 6) is 1.69. The summed E-state index contributed by atoms with van der Waals surface area (Å²) in [6.07, 6.45) is 4.00. The number of nitrogens with zero attached hydrogens (tertiary/aromatic N) is 2. The van der Waals surface area contributed by atoms with Gasteiger partial charge in [-0.05, 0) is 79.2 Å². The van der Waals surface area contributed by atoms with Gasteiger partial charge in [-0.3, -0.25) is 9.80 Å². The van der Waals surface area contributed by atoms with Gasteiger partial charge in [0.1, 0.15) is 0 Å². The number of morpholine rings is 1. The lowest BCUT2D eigenvalue weighted by atomic mass is 9.83. The molecule has 3 nitrogen and oxygen atoms in total. The lowest BCUT2D eigenvalue weighted by Crippen LogP contribution is -2.56. The number of ether oxygens (including phenoxy) is 1. The van der Waals surface area contributed by atoms with E-state index in [9.17, 15) is 0 Å². The number of rotatable bonds is 4. The number of likely N-dealkylation sites (tertiary alicyclic amines) is 1. The van der Waals surface area contributed by atoms with Crippen molar-refractivity contribution < 1.29 is 4.74 Å². The normalized spacial score (nSPS) is 30.6. The summed E-state index contributed by atoms with van der Waals surface area (Å²) in [5, 5.41) is 0. The van der Waals surface area contributed by atoms with Gasteiger partial charge in [0, 0.05) is 30.7 Å². The zero-order valence-corrected chi connectivity index (χ0v) is 19.5. The number of hydrogen-bond donors (Lipinski definition) is 0. The van der Waals surface area contributed by atoms with E-state index in [0.717, 1.165) is 37.1 Å². The fraction of sp³-hybridized carbons (Fsp3) is 1.00. The van der Waals surface area contributed by atoms with Gasteiger partial charge in [-0.1, -0.05) is 27.7 Å². The Hall–Kier alpha value is -0.120. The molecule has 2 saturated heterocycles. The predicted octanol–water partition coefficient (Wildman–Crippen LogP) is 5.44. The molecule has 2 heterocycles. The first-order valence-corrected chi connectivity index (χ1v) is 11.2. The van der Waals surface area contributed by atoms with Crippen molar-refractivity contribution in [2.75, 3.05) is 19.7 Å². The molecule has 0 radical (unpaired) electrons. The maximum atomic E-state index is 5.81. The zero-order valence-electron chi connectivity index (χ0n) is 19.5. The van der Waals surface area contributed by atoms with E-state index in [2.05, 4.69) is 79.0 Å². The van der Waals surface area contributed by atoms with E-state index in [1.807, 2.05) is 0 Å². The highest BCUT2D eigenvalue weighted by Gasteiger charge is 2.34. The van der Waals surface area contributed by atoms with E-state index in [-0.39, 0.29) is 5.60 Å². The largest absolute Gasteiger partial charge is 0.373 e. The quantitative estimate of drug-likeness (QED) is 0.657. The van der Waals surface area contributed by atoms with Crippen molar-refractivity contribution in [2.45, 2.75) is 118 Å². The van der Waals surface area contributed by atoms with Gasteiger partial charge in [0.2, 0.25) is 0 Å². The van der Waals surface area contributed by atoms with Gasteiger partial charge in [0.25, 0.3) is 0 Å². The highest BCUT2D eigenvalue weighted by molar-refractivity contribution is 4.87. The highest BCUT2D eigenvalue weighted by atomic mass is 16.5. The summed E-state index contributed by atoms with van der Waals surface area (Å²) in [5.41, 5.74) is 0.0376. The van der Waals surface area contributed by atoms with Gasteiger partial charge >= 0.3 is 0 Å². The van der Waals surface area contributed by atoms with Crippen LogP contribution in [0.3, 0.4) is 0 Å². The molecule has 0 aliphatic carbocycles. The molecule has 3 atom stereocenters. The molecule has 0 aromatic rings. The standard InChI is InChI=1S/C12H25N.C11H23NO/c1-9(2)12-11(5)7-6-8-13(12)10(3)4;1-6-10-7-13-11(4,5)8-12(10)9(2)3/h9-12H,6-8H2,1-5H3;9-10H,6-8H2,1-5H3. The molecular formula is C23H48N2O. The number of hydrogen-bond acceptors (Lipinski definition) is 3. The van der Waals surface area contributed by atoms with Crippen molar-refractivity contribution in [3.05, 3.63) is 0 Å². The Morgan fingerprint density at radius 2 is 1.58 bits per heavy atom.